The first-order chi connectivity index (χ1) is 25.6. The summed E-state index contributed by atoms with van der Waals surface area (Å²) < 4.78 is 14.3. The van der Waals surface area contributed by atoms with Gasteiger partial charge in [0, 0.05) is 75.3 Å². The predicted octanol–water partition coefficient (Wildman–Crippen LogP) is 6.44. The van der Waals surface area contributed by atoms with Crippen LogP contribution in [-0.4, -0.2) is 124 Å². The van der Waals surface area contributed by atoms with E-state index in [0.29, 0.717) is 55.9 Å². The summed E-state index contributed by atoms with van der Waals surface area (Å²) in [5, 5.41) is 12.1. The first-order valence-corrected chi connectivity index (χ1v) is 20.4. The minimum absolute atomic E-state index is 0. The standard InChI is InChI=1S/C20H32N4O2.C10H17N3.C10H15NO3.CH4/c1-3-26-19(25)23-12-7-20(15-23)13-18(14-20)22-10-5-17(6-11-22)16(2)24-9-4-8-21-24;1-9(13-8-2-5-12-13)10-3-6-11-7-4-10;1-2-14-9(13)11-4-3-10(7-11)5-8(12)6-10;/h4,8-9,16-18H,3,5-7,10-15H2,1-2H3;2,5,8-11H,3-4,6-7H2,1H3;2-7H2,1H3;1H4. The summed E-state index contributed by atoms with van der Waals surface area (Å²) in [4.78, 5) is 40.6. The van der Waals surface area contributed by atoms with E-state index >= 15 is 0 Å². The van der Waals surface area contributed by atoms with Crippen LogP contribution in [0.4, 0.5) is 9.59 Å². The number of hydrogen-bond acceptors (Lipinski definition) is 9. The van der Waals surface area contributed by atoms with Crippen LogP contribution in [0.2, 0.25) is 0 Å². The third-order valence-electron chi connectivity index (χ3n) is 13.1. The first-order valence-electron chi connectivity index (χ1n) is 20.4. The molecule has 0 aromatic carbocycles. The van der Waals surface area contributed by atoms with E-state index in [1.54, 1.807) is 11.8 Å². The Labute approximate surface area is 323 Å². The third-order valence-corrected chi connectivity index (χ3v) is 13.1. The second-order valence-corrected chi connectivity index (χ2v) is 16.6. The second-order valence-electron chi connectivity index (χ2n) is 16.6. The molecule has 2 unspecified atom stereocenters. The fraction of sp³-hybridized carbons (Fsp3) is 0.780. The Kier molecular flexibility index (Phi) is 14.6. The van der Waals surface area contributed by atoms with Crippen molar-refractivity contribution in [1.82, 2.24) is 39.6 Å². The van der Waals surface area contributed by atoms with Gasteiger partial charge in [-0.15, -0.1) is 0 Å². The smallest absolute Gasteiger partial charge is 0.409 e. The van der Waals surface area contributed by atoms with Gasteiger partial charge in [-0.05, 0) is 135 Å². The van der Waals surface area contributed by atoms with Crippen LogP contribution in [0.15, 0.2) is 36.9 Å². The highest BCUT2D eigenvalue weighted by atomic mass is 16.6. The van der Waals surface area contributed by atoms with Gasteiger partial charge in [-0.2, -0.15) is 10.2 Å². The molecule has 2 saturated carbocycles. The van der Waals surface area contributed by atoms with Gasteiger partial charge in [0.2, 0.25) is 0 Å². The zero-order valence-corrected chi connectivity index (χ0v) is 32.7. The largest absolute Gasteiger partial charge is 0.450 e. The van der Waals surface area contributed by atoms with Gasteiger partial charge in [-0.3, -0.25) is 14.2 Å². The van der Waals surface area contributed by atoms with Crippen LogP contribution in [0.1, 0.15) is 111 Å². The van der Waals surface area contributed by atoms with Gasteiger partial charge in [0.25, 0.3) is 0 Å². The lowest BCUT2D eigenvalue weighted by molar-refractivity contribution is -0.131. The van der Waals surface area contributed by atoms with Crippen molar-refractivity contribution in [3.05, 3.63) is 36.9 Å². The van der Waals surface area contributed by atoms with Gasteiger partial charge in [0.1, 0.15) is 5.78 Å². The number of carbonyl (C=O) groups excluding carboxylic acids is 3. The topological polar surface area (TPSA) is 127 Å². The van der Waals surface area contributed by atoms with Gasteiger partial charge in [-0.1, -0.05) is 7.43 Å². The Morgan fingerprint density at radius 1 is 0.778 bits per heavy atom. The van der Waals surface area contributed by atoms with E-state index in [1.165, 1.54) is 51.6 Å². The predicted molar refractivity (Wildman–Crippen MR) is 209 cm³/mol. The molecule has 6 fully saturated rings. The minimum atomic E-state index is -0.233. The highest BCUT2D eigenvalue weighted by Crippen LogP contribution is 2.51. The monoisotopic (exact) mass is 753 g/mol. The molecule has 1 N–H and O–H groups in total. The van der Waals surface area contributed by atoms with E-state index < -0.39 is 0 Å². The van der Waals surface area contributed by atoms with Crippen molar-refractivity contribution in [3.8, 4) is 0 Å². The molecule has 4 saturated heterocycles. The fourth-order valence-corrected chi connectivity index (χ4v) is 9.78. The number of piperidine rings is 2. The molecule has 2 spiro atoms. The summed E-state index contributed by atoms with van der Waals surface area (Å²) in [6, 6.07) is 5.78. The van der Waals surface area contributed by atoms with Crippen molar-refractivity contribution in [2.24, 2.45) is 22.7 Å². The molecule has 6 aliphatic rings. The van der Waals surface area contributed by atoms with E-state index in [0.717, 1.165) is 63.4 Å². The normalized spacial score (nSPS) is 26.4. The van der Waals surface area contributed by atoms with Crippen LogP contribution < -0.4 is 5.32 Å². The zero-order valence-electron chi connectivity index (χ0n) is 32.7. The zero-order chi connectivity index (χ0) is 37.4. The molecule has 2 amide bonds. The molecule has 0 bridgehead atoms. The van der Waals surface area contributed by atoms with Crippen molar-refractivity contribution in [2.45, 2.75) is 117 Å². The molecule has 8 rings (SSSR count). The van der Waals surface area contributed by atoms with E-state index in [9.17, 15) is 14.4 Å². The molecule has 54 heavy (non-hydrogen) atoms. The number of rotatable bonds is 7. The van der Waals surface area contributed by atoms with Crippen LogP contribution >= 0.6 is 0 Å². The number of Topliss-reactive ketones (excluding diaryl/α,β-unsaturated/α-hetero) is 1. The summed E-state index contributed by atoms with van der Waals surface area (Å²) in [7, 11) is 0. The lowest BCUT2D eigenvalue weighted by Gasteiger charge is -2.52. The third kappa shape index (κ3) is 10.0. The molecule has 2 atom stereocenters. The Hall–Kier alpha value is -3.45. The van der Waals surface area contributed by atoms with E-state index in [1.807, 2.05) is 36.4 Å². The number of ether oxygens (including phenoxy) is 2. The lowest BCUT2D eigenvalue weighted by atomic mass is 9.64. The minimum Gasteiger partial charge on any atom is -0.450 e. The molecule has 13 nitrogen and oxygen atoms in total. The molecular weight excluding hydrogens is 685 g/mol. The lowest BCUT2D eigenvalue weighted by Crippen LogP contribution is -2.54. The SMILES string of the molecule is C.CC(C1CCNCC1)n1cccn1.CCOC(=O)N1CCC2(CC(=O)C2)C1.CCOC(=O)N1CCC2(CC(N3CCC(C(C)n4cccn4)CC3)C2)C1. The molecule has 2 aliphatic carbocycles. The summed E-state index contributed by atoms with van der Waals surface area (Å²) in [6.07, 6.45) is 18.5. The van der Waals surface area contributed by atoms with Crippen molar-refractivity contribution in [1.29, 1.82) is 0 Å². The maximum absolute atomic E-state index is 11.9. The van der Waals surface area contributed by atoms with Crippen molar-refractivity contribution >= 4 is 18.0 Å². The second kappa shape index (κ2) is 18.9. The summed E-state index contributed by atoms with van der Waals surface area (Å²) in [5.74, 6) is 1.85. The van der Waals surface area contributed by atoms with Crippen LogP contribution in [0.25, 0.3) is 0 Å². The number of carbonyl (C=O) groups is 3. The molecule has 4 aliphatic heterocycles. The molecular formula is C41H68N8O5. The van der Waals surface area contributed by atoms with E-state index in [2.05, 4.69) is 56.0 Å². The number of nitrogens with zero attached hydrogens (tertiary/aromatic N) is 7. The molecule has 2 aromatic heterocycles. The highest BCUT2D eigenvalue weighted by molar-refractivity contribution is 5.86. The highest BCUT2D eigenvalue weighted by Gasteiger charge is 2.52. The molecule has 13 heteroatoms. The number of amides is 2. The van der Waals surface area contributed by atoms with Crippen LogP contribution in [-0.2, 0) is 14.3 Å². The van der Waals surface area contributed by atoms with Gasteiger partial charge in [-0.25, -0.2) is 9.59 Å². The molecule has 6 heterocycles. The Morgan fingerprint density at radius 3 is 1.72 bits per heavy atom. The fourth-order valence-electron chi connectivity index (χ4n) is 9.78. The number of nitrogens with one attached hydrogen (secondary N) is 1. The summed E-state index contributed by atoms with van der Waals surface area (Å²) >= 11 is 0. The van der Waals surface area contributed by atoms with Crippen LogP contribution in [0.3, 0.4) is 0 Å². The first kappa shape index (κ1) is 41.7. The maximum Gasteiger partial charge on any atom is 0.409 e. The Bertz CT molecular complexity index is 1440. The van der Waals surface area contributed by atoms with E-state index in [-0.39, 0.29) is 25.0 Å². The van der Waals surface area contributed by atoms with Crippen LogP contribution in [0, 0.1) is 22.7 Å². The Balaban J connectivity index is 0.000000169. The van der Waals surface area contributed by atoms with E-state index in [4.69, 9.17) is 9.47 Å². The van der Waals surface area contributed by atoms with Gasteiger partial charge in [0.05, 0.1) is 25.3 Å². The van der Waals surface area contributed by atoms with Crippen LogP contribution in [0.5, 0.6) is 0 Å². The molecule has 302 valence electrons. The summed E-state index contributed by atoms with van der Waals surface area (Å²) in [6.45, 7) is 17.1. The van der Waals surface area contributed by atoms with Crippen molar-refractivity contribution < 1.29 is 23.9 Å². The number of ketones is 1. The quantitative estimate of drug-likeness (QED) is 0.340. The molecule has 0 radical (unpaired) electrons. The van der Waals surface area contributed by atoms with Crippen molar-refractivity contribution in [3.63, 3.8) is 0 Å². The average Bonchev–Trinajstić information content (AvgIpc) is 3.99. The van der Waals surface area contributed by atoms with Crippen molar-refractivity contribution in [2.75, 3.05) is 65.6 Å². The number of aromatic nitrogens is 4. The maximum atomic E-state index is 11.9. The number of hydrogen-bond donors (Lipinski definition) is 1. The molecule has 2 aromatic rings. The Morgan fingerprint density at radius 2 is 1.26 bits per heavy atom. The number of likely N-dealkylation sites (tertiary alicyclic amines) is 3. The van der Waals surface area contributed by atoms with Gasteiger partial charge < -0.3 is 29.5 Å². The van der Waals surface area contributed by atoms with Gasteiger partial charge in [0.15, 0.2) is 0 Å². The van der Waals surface area contributed by atoms with Gasteiger partial charge >= 0.3 is 12.2 Å². The summed E-state index contributed by atoms with van der Waals surface area (Å²) in [5.41, 5.74) is 0.487. The average molecular weight is 753 g/mol.